The number of halogens is 1. The third-order valence-corrected chi connectivity index (χ3v) is 3.04. The van der Waals surface area contributed by atoms with Crippen molar-refractivity contribution in [2.75, 3.05) is 19.0 Å². The first kappa shape index (κ1) is 14.8. The van der Waals surface area contributed by atoms with E-state index in [0.29, 0.717) is 31.9 Å². The summed E-state index contributed by atoms with van der Waals surface area (Å²) in [6.45, 7) is 5.09. The lowest BCUT2D eigenvalue weighted by Gasteiger charge is -2.11. The Bertz CT molecular complexity index is 393. The highest BCUT2D eigenvalue weighted by molar-refractivity contribution is 6.17. The van der Waals surface area contributed by atoms with Crippen molar-refractivity contribution in [1.82, 2.24) is 5.32 Å². The molecule has 3 nitrogen and oxygen atoms in total. The van der Waals surface area contributed by atoms with Crippen LogP contribution in [0.2, 0.25) is 0 Å². The van der Waals surface area contributed by atoms with Gasteiger partial charge in [0.05, 0.1) is 6.54 Å². The maximum atomic E-state index is 11.3. The monoisotopic (exact) mass is 269 g/mol. The molecule has 0 fully saturated rings. The molecule has 4 heteroatoms. The van der Waals surface area contributed by atoms with Gasteiger partial charge in [-0.2, -0.15) is 0 Å². The van der Waals surface area contributed by atoms with Crippen LogP contribution in [0.5, 0.6) is 5.75 Å². The number of ether oxygens (including phenoxy) is 1. The van der Waals surface area contributed by atoms with Crippen molar-refractivity contribution in [3.63, 3.8) is 0 Å². The van der Waals surface area contributed by atoms with Gasteiger partial charge < -0.3 is 10.1 Å². The molecule has 0 spiro atoms. The Kier molecular flexibility index (Phi) is 6.58. The molecule has 1 N–H and O–H groups in total. The van der Waals surface area contributed by atoms with Gasteiger partial charge in [-0.3, -0.25) is 4.79 Å². The lowest BCUT2D eigenvalue weighted by molar-refractivity contribution is -0.121. The zero-order chi connectivity index (χ0) is 13.4. The molecule has 0 radical (unpaired) electrons. The average Bonchev–Trinajstić information content (AvgIpc) is 2.37. The molecule has 0 atom stereocenters. The van der Waals surface area contributed by atoms with E-state index in [9.17, 15) is 4.79 Å². The summed E-state index contributed by atoms with van der Waals surface area (Å²) in [5, 5.41) is 2.80. The molecule has 100 valence electrons. The Labute approximate surface area is 113 Å². The number of rotatable bonds is 7. The Morgan fingerprint density at radius 1 is 1.39 bits per heavy atom. The lowest BCUT2D eigenvalue weighted by Crippen LogP contribution is -2.27. The molecule has 0 aromatic heterocycles. The third-order valence-electron chi connectivity index (χ3n) is 2.77. The largest absolute Gasteiger partial charge is 0.491 e. The van der Waals surface area contributed by atoms with Crippen LogP contribution in [0.15, 0.2) is 18.2 Å². The van der Waals surface area contributed by atoms with Crippen molar-refractivity contribution < 1.29 is 9.53 Å². The molecule has 0 aliphatic rings. The van der Waals surface area contributed by atoms with Crippen LogP contribution in [0, 0.1) is 13.8 Å². The number of aryl methyl sites for hydroxylation is 1. The van der Waals surface area contributed by atoms with Crippen LogP contribution in [0.3, 0.4) is 0 Å². The van der Waals surface area contributed by atoms with Crippen LogP contribution in [0.4, 0.5) is 0 Å². The SMILES string of the molecule is Cc1cccc(OCCNC(=O)CCCCl)c1C. The van der Waals surface area contributed by atoms with Crippen LogP contribution < -0.4 is 10.1 Å². The molecule has 1 aromatic carbocycles. The first-order chi connectivity index (χ1) is 8.65. The topological polar surface area (TPSA) is 38.3 Å². The predicted molar refractivity (Wildman–Crippen MR) is 74.4 cm³/mol. The van der Waals surface area contributed by atoms with E-state index in [1.807, 2.05) is 19.1 Å². The van der Waals surface area contributed by atoms with E-state index in [0.717, 1.165) is 11.3 Å². The molecule has 1 amide bonds. The van der Waals surface area contributed by atoms with Crippen LogP contribution in [0.1, 0.15) is 24.0 Å². The van der Waals surface area contributed by atoms with Crippen LogP contribution in [-0.4, -0.2) is 24.9 Å². The standard InChI is InChI=1S/C14H20ClNO2/c1-11-5-3-6-13(12(11)2)18-10-9-16-14(17)7-4-8-15/h3,5-6H,4,7-10H2,1-2H3,(H,16,17). The van der Waals surface area contributed by atoms with E-state index in [4.69, 9.17) is 16.3 Å². The molecule has 0 saturated heterocycles. The predicted octanol–water partition coefficient (Wildman–Crippen LogP) is 2.82. The molecular formula is C14H20ClNO2. The van der Waals surface area contributed by atoms with Gasteiger partial charge in [-0.15, -0.1) is 11.6 Å². The fraction of sp³-hybridized carbons (Fsp3) is 0.500. The van der Waals surface area contributed by atoms with Gasteiger partial charge in [-0.1, -0.05) is 12.1 Å². The molecule has 1 aromatic rings. The Hall–Kier alpha value is -1.22. The fourth-order valence-electron chi connectivity index (χ4n) is 1.55. The number of alkyl halides is 1. The number of hydrogen-bond donors (Lipinski definition) is 1. The molecular weight excluding hydrogens is 250 g/mol. The van der Waals surface area contributed by atoms with Crippen molar-refractivity contribution >= 4 is 17.5 Å². The van der Waals surface area contributed by atoms with E-state index in [-0.39, 0.29) is 5.91 Å². The summed E-state index contributed by atoms with van der Waals surface area (Å²) >= 11 is 5.51. The molecule has 0 unspecified atom stereocenters. The summed E-state index contributed by atoms with van der Waals surface area (Å²) in [6, 6.07) is 5.96. The fourth-order valence-corrected chi connectivity index (χ4v) is 1.68. The first-order valence-corrected chi connectivity index (χ1v) is 6.70. The maximum Gasteiger partial charge on any atom is 0.220 e. The average molecular weight is 270 g/mol. The Balaban J connectivity index is 2.25. The van der Waals surface area contributed by atoms with Gasteiger partial charge in [-0.25, -0.2) is 0 Å². The zero-order valence-electron chi connectivity index (χ0n) is 11.0. The second-order valence-corrected chi connectivity index (χ2v) is 4.57. The Morgan fingerprint density at radius 3 is 2.89 bits per heavy atom. The van der Waals surface area contributed by atoms with Gasteiger partial charge in [0.1, 0.15) is 12.4 Å². The van der Waals surface area contributed by atoms with Gasteiger partial charge in [0.25, 0.3) is 0 Å². The highest BCUT2D eigenvalue weighted by Crippen LogP contribution is 2.20. The van der Waals surface area contributed by atoms with Gasteiger partial charge in [0.2, 0.25) is 5.91 Å². The maximum absolute atomic E-state index is 11.3. The third kappa shape index (κ3) is 4.96. The molecule has 0 heterocycles. The molecule has 0 bridgehead atoms. The summed E-state index contributed by atoms with van der Waals surface area (Å²) in [5.74, 6) is 1.43. The minimum atomic E-state index is 0.0280. The van der Waals surface area contributed by atoms with E-state index in [1.165, 1.54) is 5.56 Å². The highest BCUT2D eigenvalue weighted by atomic mass is 35.5. The van der Waals surface area contributed by atoms with Gasteiger partial charge in [0.15, 0.2) is 0 Å². The highest BCUT2D eigenvalue weighted by Gasteiger charge is 2.02. The zero-order valence-corrected chi connectivity index (χ0v) is 11.7. The van der Waals surface area contributed by atoms with Gasteiger partial charge in [0, 0.05) is 12.3 Å². The molecule has 18 heavy (non-hydrogen) atoms. The van der Waals surface area contributed by atoms with Crippen molar-refractivity contribution in [1.29, 1.82) is 0 Å². The first-order valence-electron chi connectivity index (χ1n) is 6.17. The van der Waals surface area contributed by atoms with E-state index >= 15 is 0 Å². The van der Waals surface area contributed by atoms with E-state index in [1.54, 1.807) is 0 Å². The quantitative estimate of drug-likeness (QED) is 0.611. The second kappa shape index (κ2) is 7.98. The smallest absolute Gasteiger partial charge is 0.220 e. The second-order valence-electron chi connectivity index (χ2n) is 4.19. The van der Waals surface area contributed by atoms with E-state index < -0.39 is 0 Å². The molecule has 0 aliphatic carbocycles. The van der Waals surface area contributed by atoms with Crippen LogP contribution >= 0.6 is 11.6 Å². The van der Waals surface area contributed by atoms with Crippen molar-refractivity contribution in [2.24, 2.45) is 0 Å². The summed E-state index contributed by atoms with van der Waals surface area (Å²) in [6.07, 6.45) is 1.19. The number of carbonyl (C=O) groups is 1. The van der Waals surface area contributed by atoms with Gasteiger partial charge in [-0.05, 0) is 37.5 Å². The summed E-state index contributed by atoms with van der Waals surface area (Å²) in [5.41, 5.74) is 2.35. The Morgan fingerprint density at radius 2 is 2.17 bits per heavy atom. The minimum Gasteiger partial charge on any atom is -0.491 e. The number of hydrogen-bond acceptors (Lipinski definition) is 2. The number of benzene rings is 1. The number of nitrogens with one attached hydrogen (secondary N) is 1. The minimum absolute atomic E-state index is 0.0280. The summed E-state index contributed by atoms with van der Waals surface area (Å²) in [7, 11) is 0. The molecule has 0 saturated carbocycles. The summed E-state index contributed by atoms with van der Waals surface area (Å²) < 4.78 is 5.63. The lowest BCUT2D eigenvalue weighted by atomic mass is 10.1. The number of amides is 1. The van der Waals surface area contributed by atoms with Crippen molar-refractivity contribution in [2.45, 2.75) is 26.7 Å². The van der Waals surface area contributed by atoms with Crippen LogP contribution in [0.25, 0.3) is 0 Å². The van der Waals surface area contributed by atoms with Crippen molar-refractivity contribution in [3.8, 4) is 5.75 Å². The number of carbonyl (C=O) groups excluding carboxylic acids is 1. The van der Waals surface area contributed by atoms with E-state index in [2.05, 4.69) is 18.3 Å². The van der Waals surface area contributed by atoms with Crippen LogP contribution in [-0.2, 0) is 4.79 Å². The van der Waals surface area contributed by atoms with Gasteiger partial charge >= 0.3 is 0 Å². The molecule has 1 rings (SSSR count). The summed E-state index contributed by atoms with van der Waals surface area (Å²) in [4.78, 5) is 11.3. The normalized spacial score (nSPS) is 10.2. The molecule has 0 aliphatic heterocycles. The van der Waals surface area contributed by atoms with Crippen molar-refractivity contribution in [3.05, 3.63) is 29.3 Å².